The van der Waals surface area contributed by atoms with Crippen LogP contribution in [0.4, 0.5) is 0 Å². The molecule has 162 valence electrons. The third kappa shape index (κ3) is 7.82. The summed E-state index contributed by atoms with van der Waals surface area (Å²) >= 11 is 1.48. The molecule has 30 heavy (non-hydrogen) atoms. The first-order valence-electron chi connectivity index (χ1n) is 10.1. The van der Waals surface area contributed by atoms with Gasteiger partial charge in [0.2, 0.25) is 5.91 Å². The highest BCUT2D eigenvalue weighted by molar-refractivity contribution is 7.99. The number of nitrogens with zero attached hydrogens (tertiary/aromatic N) is 1. The second-order valence-electron chi connectivity index (χ2n) is 7.43. The molecule has 0 heterocycles. The Morgan fingerprint density at radius 3 is 2.47 bits per heavy atom. The Morgan fingerprint density at radius 2 is 1.77 bits per heavy atom. The number of aryl methyl sites for hydroxylation is 1. The van der Waals surface area contributed by atoms with E-state index in [0.717, 1.165) is 23.4 Å². The molecular weight excluding hydrogens is 398 g/mol. The molecule has 0 spiro atoms. The minimum Gasteiger partial charge on any atom is -0.392 e. The third-order valence-corrected chi connectivity index (χ3v) is 5.89. The summed E-state index contributed by atoms with van der Waals surface area (Å²) in [6.07, 6.45) is 1.54. The van der Waals surface area contributed by atoms with Gasteiger partial charge in [0.1, 0.15) is 0 Å². The van der Waals surface area contributed by atoms with E-state index in [-0.39, 0.29) is 5.91 Å². The Morgan fingerprint density at radius 1 is 1.10 bits per heavy atom. The van der Waals surface area contributed by atoms with Gasteiger partial charge in [-0.2, -0.15) is 0 Å². The molecule has 7 heteroatoms. The number of nitrogens with one attached hydrogen (secondary N) is 1. The van der Waals surface area contributed by atoms with Crippen molar-refractivity contribution in [3.63, 3.8) is 0 Å². The number of amides is 2. The van der Waals surface area contributed by atoms with E-state index in [4.69, 9.17) is 5.73 Å². The molecule has 6 nitrogen and oxygen atoms in total. The summed E-state index contributed by atoms with van der Waals surface area (Å²) in [6, 6.07) is 14.8. The fraction of sp³-hybridized carbons (Fsp3) is 0.391. The molecule has 0 saturated heterocycles. The maximum atomic E-state index is 12.5. The van der Waals surface area contributed by atoms with E-state index < -0.39 is 12.0 Å². The first-order valence-corrected chi connectivity index (χ1v) is 11.1. The molecule has 0 aromatic heterocycles. The van der Waals surface area contributed by atoms with Crippen LogP contribution in [0.3, 0.4) is 0 Å². The van der Waals surface area contributed by atoms with Crippen LogP contribution < -0.4 is 11.1 Å². The number of nitrogens with two attached hydrogens (primary N) is 1. The Bertz CT molecular complexity index is 842. The minimum absolute atomic E-state index is 0.0995. The zero-order valence-electron chi connectivity index (χ0n) is 17.6. The fourth-order valence-electron chi connectivity index (χ4n) is 3.04. The van der Waals surface area contributed by atoms with E-state index in [0.29, 0.717) is 36.3 Å². The highest BCUT2D eigenvalue weighted by atomic mass is 32.2. The lowest BCUT2D eigenvalue weighted by Gasteiger charge is -2.14. The molecule has 0 aliphatic heterocycles. The van der Waals surface area contributed by atoms with Crippen LogP contribution in [0.5, 0.6) is 0 Å². The van der Waals surface area contributed by atoms with E-state index in [2.05, 4.69) is 5.32 Å². The highest BCUT2D eigenvalue weighted by Crippen LogP contribution is 2.24. The van der Waals surface area contributed by atoms with Gasteiger partial charge in [0, 0.05) is 29.3 Å². The number of aliphatic hydroxyl groups excluding tert-OH is 1. The standard InChI is InChI=1S/C23H31N3O3S/c1-26(2)15-14-25-23(29)20-12-5-6-13-21(20)30-16-18(27)10-7-9-17-8-3-4-11-19(17)22(24)28/h3-6,8,11-13,18,27H,7,9-10,14-16H2,1-2H3,(H2,24,28)(H,25,29). The maximum Gasteiger partial charge on any atom is 0.252 e. The quantitative estimate of drug-likeness (QED) is 0.451. The van der Waals surface area contributed by atoms with Crippen LogP contribution in [-0.2, 0) is 6.42 Å². The van der Waals surface area contributed by atoms with Gasteiger partial charge in [0.05, 0.1) is 11.7 Å². The number of hydrogen-bond acceptors (Lipinski definition) is 5. The molecule has 2 amide bonds. The van der Waals surface area contributed by atoms with E-state index >= 15 is 0 Å². The van der Waals surface area contributed by atoms with Crippen molar-refractivity contribution in [3.8, 4) is 0 Å². The fourth-order valence-corrected chi connectivity index (χ4v) is 4.07. The summed E-state index contributed by atoms with van der Waals surface area (Å²) in [5, 5.41) is 13.3. The van der Waals surface area contributed by atoms with Crippen LogP contribution in [0.15, 0.2) is 53.4 Å². The number of likely N-dealkylation sites (N-methyl/N-ethyl adjacent to an activating group) is 1. The van der Waals surface area contributed by atoms with Gasteiger partial charge in [-0.15, -0.1) is 11.8 Å². The van der Waals surface area contributed by atoms with Gasteiger partial charge in [-0.05, 0) is 57.1 Å². The highest BCUT2D eigenvalue weighted by Gasteiger charge is 2.14. The summed E-state index contributed by atoms with van der Waals surface area (Å²) in [7, 11) is 3.92. The number of aliphatic hydroxyl groups is 1. The maximum absolute atomic E-state index is 12.5. The summed E-state index contributed by atoms with van der Waals surface area (Å²) in [5.41, 5.74) is 7.49. The molecule has 0 aliphatic rings. The number of rotatable bonds is 12. The largest absolute Gasteiger partial charge is 0.392 e. The second-order valence-corrected chi connectivity index (χ2v) is 8.50. The number of thioether (sulfide) groups is 1. The number of carbonyl (C=O) groups excluding carboxylic acids is 2. The molecule has 1 atom stereocenters. The van der Waals surface area contributed by atoms with Gasteiger partial charge in [-0.3, -0.25) is 9.59 Å². The minimum atomic E-state index is -0.499. The Balaban J connectivity index is 1.83. The summed E-state index contributed by atoms with van der Waals surface area (Å²) < 4.78 is 0. The zero-order valence-corrected chi connectivity index (χ0v) is 18.5. The molecule has 2 aromatic carbocycles. The number of carbonyl (C=O) groups is 2. The van der Waals surface area contributed by atoms with Crippen LogP contribution in [0.1, 0.15) is 39.1 Å². The van der Waals surface area contributed by atoms with E-state index in [1.807, 2.05) is 49.3 Å². The van der Waals surface area contributed by atoms with Crippen LogP contribution in [0, 0.1) is 0 Å². The third-order valence-electron chi connectivity index (χ3n) is 4.67. The zero-order chi connectivity index (χ0) is 21.9. The van der Waals surface area contributed by atoms with E-state index in [1.165, 1.54) is 11.8 Å². The molecule has 1 unspecified atom stereocenters. The Labute approximate surface area is 182 Å². The predicted octanol–water partition coefficient (Wildman–Crippen LogP) is 2.55. The monoisotopic (exact) mass is 429 g/mol. The normalized spacial score (nSPS) is 12.0. The summed E-state index contributed by atoms with van der Waals surface area (Å²) in [4.78, 5) is 26.8. The van der Waals surface area contributed by atoms with Gasteiger partial charge in [-0.1, -0.05) is 30.3 Å². The lowest BCUT2D eigenvalue weighted by atomic mass is 10.0. The van der Waals surface area contributed by atoms with Crippen molar-refractivity contribution >= 4 is 23.6 Å². The molecule has 0 bridgehead atoms. The molecule has 2 rings (SSSR count). The average molecular weight is 430 g/mol. The van der Waals surface area contributed by atoms with Crippen LogP contribution in [0.2, 0.25) is 0 Å². The molecular formula is C23H31N3O3S. The smallest absolute Gasteiger partial charge is 0.252 e. The SMILES string of the molecule is CN(C)CCNC(=O)c1ccccc1SCC(O)CCCc1ccccc1C(N)=O. The Kier molecular flexibility index (Phi) is 9.86. The van der Waals surface area contributed by atoms with Crippen molar-refractivity contribution in [1.29, 1.82) is 0 Å². The molecule has 4 N–H and O–H groups in total. The van der Waals surface area contributed by atoms with Gasteiger partial charge in [0.15, 0.2) is 0 Å². The number of primary amides is 1. The van der Waals surface area contributed by atoms with Crippen molar-refractivity contribution in [2.24, 2.45) is 5.73 Å². The van der Waals surface area contributed by atoms with Gasteiger partial charge in [-0.25, -0.2) is 0 Å². The molecule has 2 aromatic rings. The lowest BCUT2D eigenvalue weighted by molar-refractivity contribution is 0.0946. The number of hydrogen-bond donors (Lipinski definition) is 3. The molecule has 0 fully saturated rings. The molecule has 0 aliphatic carbocycles. The van der Waals surface area contributed by atoms with Crippen molar-refractivity contribution in [1.82, 2.24) is 10.2 Å². The number of benzene rings is 2. The van der Waals surface area contributed by atoms with Crippen LogP contribution in [0.25, 0.3) is 0 Å². The van der Waals surface area contributed by atoms with Crippen molar-refractivity contribution in [2.75, 3.05) is 32.9 Å². The predicted molar refractivity (Wildman–Crippen MR) is 122 cm³/mol. The lowest BCUT2D eigenvalue weighted by Crippen LogP contribution is -2.31. The van der Waals surface area contributed by atoms with Gasteiger partial charge >= 0.3 is 0 Å². The van der Waals surface area contributed by atoms with Gasteiger partial charge < -0.3 is 21.1 Å². The average Bonchev–Trinajstić information content (AvgIpc) is 2.72. The van der Waals surface area contributed by atoms with Crippen LogP contribution >= 0.6 is 11.8 Å². The first-order chi connectivity index (χ1) is 14.4. The van der Waals surface area contributed by atoms with Crippen molar-refractivity contribution in [2.45, 2.75) is 30.3 Å². The Hall–Kier alpha value is -2.35. The second kappa shape index (κ2) is 12.4. The molecule has 0 radical (unpaired) electrons. The van der Waals surface area contributed by atoms with Gasteiger partial charge in [0.25, 0.3) is 5.91 Å². The van der Waals surface area contributed by atoms with E-state index in [9.17, 15) is 14.7 Å². The topological polar surface area (TPSA) is 95.7 Å². The first kappa shape index (κ1) is 23.9. The van der Waals surface area contributed by atoms with Crippen molar-refractivity contribution in [3.05, 3.63) is 65.2 Å². The summed E-state index contributed by atoms with van der Waals surface area (Å²) in [6.45, 7) is 1.36. The van der Waals surface area contributed by atoms with E-state index in [1.54, 1.807) is 18.2 Å². The van der Waals surface area contributed by atoms with Crippen molar-refractivity contribution < 1.29 is 14.7 Å². The summed E-state index contributed by atoms with van der Waals surface area (Å²) in [5.74, 6) is -0.0286. The molecule has 0 saturated carbocycles. The van der Waals surface area contributed by atoms with Crippen LogP contribution in [-0.4, -0.2) is 60.9 Å².